The summed E-state index contributed by atoms with van der Waals surface area (Å²) in [4.78, 5) is 9.82. The SMILES string of the molecule is Nc1cncc(F)c1N1CCC(n2ccnc2)CC1. The van der Waals surface area contributed by atoms with E-state index >= 15 is 0 Å². The lowest BCUT2D eigenvalue weighted by molar-refractivity contribution is 0.394. The summed E-state index contributed by atoms with van der Waals surface area (Å²) in [5.74, 6) is -0.346. The number of halogens is 1. The van der Waals surface area contributed by atoms with Crippen LogP contribution in [0.5, 0.6) is 0 Å². The molecule has 3 heterocycles. The third-order valence-electron chi connectivity index (χ3n) is 3.63. The number of piperidine rings is 1. The van der Waals surface area contributed by atoms with Crippen LogP contribution in [0.2, 0.25) is 0 Å². The Hall–Kier alpha value is -2.11. The van der Waals surface area contributed by atoms with Gasteiger partial charge >= 0.3 is 0 Å². The molecule has 3 rings (SSSR count). The van der Waals surface area contributed by atoms with Crippen molar-refractivity contribution < 1.29 is 4.39 Å². The maximum absolute atomic E-state index is 13.8. The third-order valence-corrected chi connectivity index (χ3v) is 3.63. The van der Waals surface area contributed by atoms with Gasteiger partial charge < -0.3 is 15.2 Å². The van der Waals surface area contributed by atoms with Crippen LogP contribution in [-0.4, -0.2) is 27.6 Å². The molecule has 2 aromatic heterocycles. The molecule has 0 atom stereocenters. The molecule has 1 aliphatic heterocycles. The second-order valence-corrected chi connectivity index (χ2v) is 4.79. The van der Waals surface area contributed by atoms with Crippen LogP contribution in [0.4, 0.5) is 15.8 Å². The van der Waals surface area contributed by atoms with Gasteiger partial charge in [0.05, 0.1) is 30.1 Å². The maximum atomic E-state index is 13.8. The number of hydrogen-bond acceptors (Lipinski definition) is 4. The Labute approximate surface area is 110 Å². The Bertz CT molecular complexity index is 526. The normalized spacial score (nSPS) is 16.8. The molecule has 0 unspecified atom stereocenters. The molecular weight excluding hydrogens is 245 g/mol. The van der Waals surface area contributed by atoms with Crippen molar-refractivity contribution in [2.75, 3.05) is 23.7 Å². The fourth-order valence-corrected chi connectivity index (χ4v) is 2.65. The molecule has 1 aliphatic rings. The second-order valence-electron chi connectivity index (χ2n) is 4.79. The zero-order valence-electron chi connectivity index (χ0n) is 10.5. The van der Waals surface area contributed by atoms with Crippen molar-refractivity contribution >= 4 is 11.4 Å². The number of anilines is 2. The smallest absolute Gasteiger partial charge is 0.166 e. The van der Waals surface area contributed by atoms with Gasteiger partial charge in [-0.3, -0.25) is 4.98 Å². The van der Waals surface area contributed by atoms with Crippen LogP contribution in [0.15, 0.2) is 31.1 Å². The third kappa shape index (κ3) is 2.25. The standard InChI is InChI=1S/C13H16FN5/c14-11-7-17-8-12(15)13(11)18-4-1-10(2-5-18)19-6-3-16-9-19/h3,6-10H,1-2,4-5,15H2. The summed E-state index contributed by atoms with van der Waals surface area (Å²) < 4.78 is 15.9. The number of nitrogens with two attached hydrogens (primary N) is 1. The maximum Gasteiger partial charge on any atom is 0.166 e. The highest BCUT2D eigenvalue weighted by atomic mass is 19.1. The number of hydrogen-bond donors (Lipinski definition) is 1. The minimum Gasteiger partial charge on any atom is -0.396 e. The van der Waals surface area contributed by atoms with Gasteiger partial charge in [0.15, 0.2) is 5.82 Å². The van der Waals surface area contributed by atoms with Crippen LogP contribution >= 0.6 is 0 Å². The van der Waals surface area contributed by atoms with E-state index in [4.69, 9.17) is 5.73 Å². The summed E-state index contributed by atoms with van der Waals surface area (Å²) in [5.41, 5.74) is 6.71. The summed E-state index contributed by atoms with van der Waals surface area (Å²) in [6, 6.07) is 0.435. The van der Waals surface area contributed by atoms with Crippen LogP contribution < -0.4 is 10.6 Å². The van der Waals surface area contributed by atoms with E-state index in [1.54, 1.807) is 6.20 Å². The first-order chi connectivity index (χ1) is 9.25. The van der Waals surface area contributed by atoms with Crippen molar-refractivity contribution in [1.29, 1.82) is 0 Å². The quantitative estimate of drug-likeness (QED) is 0.896. The Morgan fingerprint density at radius 1 is 1.21 bits per heavy atom. The fourth-order valence-electron chi connectivity index (χ4n) is 2.65. The first kappa shape index (κ1) is 12.0. The second kappa shape index (κ2) is 4.87. The van der Waals surface area contributed by atoms with Crippen LogP contribution in [0.1, 0.15) is 18.9 Å². The summed E-state index contributed by atoms with van der Waals surface area (Å²) in [7, 11) is 0. The predicted octanol–water partition coefficient (Wildman–Crippen LogP) is 1.84. The van der Waals surface area contributed by atoms with E-state index in [1.807, 2.05) is 17.4 Å². The molecule has 100 valence electrons. The van der Waals surface area contributed by atoms with Gasteiger partial charge in [0.25, 0.3) is 0 Å². The van der Waals surface area contributed by atoms with Crippen molar-refractivity contribution in [2.45, 2.75) is 18.9 Å². The van der Waals surface area contributed by atoms with Crippen LogP contribution in [0, 0.1) is 5.82 Å². The zero-order valence-corrected chi connectivity index (χ0v) is 10.5. The van der Waals surface area contributed by atoms with Crippen LogP contribution in [0.3, 0.4) is 0 Å². The van der Waals surface area contributed by atoms with E-state index in [0.717, 1.165) is 25.9 Å². The molecule has 0 amide bonds. The van der Waals surface area contributed by atoms with E-state index in [-0.39, 0.29) is 5.82 Å². The summed E-state index contributed by atoms with van der Waals surface area (Å²) in [5, 5.41) is 0. The van der Waals surface area contributed by atoms with Crippen LogP contribution in [0.25, 0.3) is 0 Å². The monoisotopic (exact) mass is 261 g/mol. The lowest BCUT2D eigenvalue weighted by Gasteiger charge is -2.34. The number of pyridine rings is 1. The largest absolute Gasteiger partial charge is 0.396 e. The lowest BCUT2D eigenvalue weighted by atomic mass is 10.0. The molecule has 0 aromatic carbocycles. The van der Waals surface area contributed by atoms with Gasteiger partial charge in [0, 0.05) is 31.5 Å². The van der Waals surface area contributed by atoms with E-state index in [1.165, 1.54) is 12.4 Å². The number of nitrogens with zero attached hydrogens (tertiary/aromatic N) is 4. The first-order valence-corrected chi connectivity index (χ1v) is 6.37. The Morgan fingerprint density at radius 2 is 2.00 bits per heavy atom. The van der Waals surface area contributed by atoms with E-state index in [0.29, 0.717) is 17.4 Å². The molecule has 19 heavy (non-hydrogen) atoms. The molecule has 1 saturated heterocycles. The minimum absolute atomic E-state index is 0.346. The fraction of sp³-hybridized carbons (Fsp3) is 0.385. The Kier molecular flexibility index (Phi) is 3.06. The number of rotatable bonds is 2. The van der Waals surface area contributed by atoms with Crippen molar-refractivity contribution in [3.8, 4) is 0 Å². The highest BCUT2D eigenvalue weighted by molar-refractivity contribution is 5.67. The predicted molar refractivity (Wildman–Crippen MR) is 71.3 cm³/mol. The van der Waals surface area contributed by atoms with Gasteiger partial charge in [0.1, 0.15) is 0 Å². The van der Waals surface area contributed by atoms with E-state index in [9.17, 15) is 4.39 Å². The van der Waals surface area contributed by atoms with Gasteiger partial charge in [0.2, 0.25) is 0 Å². The van der Waals surface area contributed by atoms with Crippen LogP contribution in [-0.2, 0) is 0 Å². The van der Waals surface area contributed by atoms with Crippen molar-refractivity contribution in [3.05, 3.63) is 36.9 Å². The minimum atomic E-state index is -0.346. The zero-order chi connectivity index (χ0) is 13.2. The van der Waals surface area contributed by atoms with Gasteiger partial charge in [-0.05, 0) is 12.8 Å². The molecule has 2 aromatic rings. The average molecular weight is 261 g/mol. The molecule has 2 N–H and O–H groups in total. The highest BCUT2D eigenvalue weighted by Gasteiger charge is 2.23. The molecule has 6 heteroatoms. The van der Waals surface area contributed by atoms with E-state index in [2.05, 4.69) is 14.5 Å². The summed E-state index contributed by atoms with van der Waals surface area (Å²) in [6.45, 7) is 1.57. The molecule has 1 fully saturated rings. The molecule has 0 bridgehead atoms. The average Bonchev–Trinajstić information content (AvgIpc) is 2.93. The molecule has 0 saturated carbocycles. The molecule has 5 nitrogen and oxygen atoms in total. The topological polar surface area (TPSA) is 60.0 Å². The number of aromatic nitrogens is 3. The molecule has 0 spiro atoms. The van der Waals surface area contributed by atoms with Crippen molar-refractivity contribution in [2.24, 2.45) is 0 Å². The summed E-state index contributed by atoms with van der Waals surface area (Å²) >= 11 is 0. The number of nitrogen functional groups attached to an aromatic ring is 1. The summed E-state index contributed by atoms with van der Waals surface area (Å²) in [6.07, 6.45) is 10.2. The molecule has 0 aliphatic carbocycles. The number of imidazole rings is 1. The van der Waals surface area contributed by atoms with E-state index < -0.39 is 0 Å². The van der Waals surface area contributed by atoms with Gasteiger partial charge in [-0.15, -0.1) is 0 Å². The van der Waals surface area contributed by atoms with Crippen molar-refractivity contribution in [3.63, 3.8) is 0 Å². The van der Waals surface area contributed by atoms with Crippen molar-refractivity contribution in [1.82, 2.24) is 14.5 Å². The highest BCUT2D eigenvalue weighted by Crippen LogP contribution is 2.31. The Balaban J connectivity index is 1.74. The lowest BCUT2D eigenvalue weighted by Crippen LogP contribution is -2.35. The van der Waals surface area contributed by atoms with Gasteiger partial charge in [-0.25, -0.2) is 9.37 Å². The Morgan fingerprint density at radius 3 is 2.63 bits per heavy atom. The first-order valence-electron chi connectivity index (χ1n) is 6.37. The molecular formula is C13H16FN5. The van der Waals surface area contributed by atoms with Gasteiger partial charge in [-0.1, -0.05) is 0 Å². The van der Waals surface area contributed by atoms with Gasteiger partial charge in [-0.2, -0.15) is 0 Å². The molecule has 0 radical (unpaired) electrons.